The largest absolute Gasteiger partial charge is 1.00 e. The van der Waals surface area contributed by atoms with Crippen molar-refractivity contribution in [1.29, 1.82) is 0 Å². The Hall–Kier alpha value is -2.87. The Bertz CT molecular complexity index is 2170. The van der Waals surface area contributed by atoms with Crippen molar-refractivity contribution in [2.24, 2.45) is 20.5 Å². The van der Waals surface area contributed by atoms with E-state index in [9.17, 15) is 28.4 Å². The second-order valence-electron chi connectivity index (χ2n) is 9.03. The fourth-order valence-electron chi connectivity index (χ4n) is 4.14. The normalized spacial score (nSPS) is 11.0. The van der Waals surface area contributed by atoms with Crippen molar-refractivity contribution >= 4 is 66.7 Å². The first-order chi connectivity index (χ1) is 22.3. The van der Waals surface area contributed by atoms with Gasteiger partial charge in [0.1, 0.15) is 21.5 Å². The molecular weight excluding hydrogens is 741 g/mol. The minimum absolute atomic E-state index is 0. The van der Waals surface area contributed by atoms with Gasteiger partial charge in [-0.2, -0.15) is 4.33 Å². The molecule has 0 fully saturated rings. The molecule has 19 heteroatoms. The molecular formula is C30H20N6Na2NiO8S2. The molecule has 0 saturated heterocycles. The van der Waals surface area contributed by atoms with Crippen LogP contribution in [0.1, 0.15) is 0 Å². The summed E-state index contributed by atoms with van der Waals surface area (Å²) in [5, 5.41) is 51.3. The fraction of sp³-hybridized carbons (Fsp3) is 0. The third-order valence-corrected chi connectivity index (χ3v) is 7.67. The van der Waals surface area contributed by atoms with Crippen molar-refractivity contribution in [2.45, 2.75) is 9.79 Å². The molecule has 49 heavy (non-hydrogen) atoms. The Morgan fingerprint density at radius 2 is 1.10 bits per heavy atom. The van der Waals surface area contributed by atoms with Gasteiger partial charge in [-0.25, -0.2) is 18.4 Å². The summed E-state index contributed by atoms with van der Waals surface area (Å²) >= 11 is 0.731. The minimum atomic E-state index is -4.73. The monoisotopic (exact) mass is 760 g/mol. The predicted molar refractivity (Wildman–Crippen MR) is 164 cm³/mol. The average Bonchev–Trinajstić information content (AvgIpc) is 3.08. The van der Waals surface area contributed by atoms with E-state index in [0.29, 0.717) is 21.5 Å². The van der Waals surface area contributed by atoms with Gasteiger partial charge in [0, 0.05) is 55.3 Å². The first kappa shape index (κ1) is 42.3. The summed E-state index contributed by atoms with van der Waals surface area (Å²) in [6.45, 7) is 0. The van der Waals surface area contributed by atoms with E-state index in [1.54, 1.807) is 85.1 Å². The van der Waals surface area contributed by atoms with Gasteiger partial charge in [0.25, 0.3) is 0 Å². The van der Waals surface area contributed by atoms with Crippen LogP contribution in [0.3, 0.4) is 0 Å². The van der Waals surface area contributed by atoms with Crippen molar-refractivity contribution in [3.8, 4) is 11.5 Å². The molecule has 2 aromatic heterocycles. The maximum atomic E-state index is 11.5. The van der Waals surface area contributed by atoms with E-state index in [0.717, 1.165) is 18.1 Å². The zero-order valence-electron chi connectivity index (χ0n) is 25.6. The molecule has 0 amide bonds. The standard InChI is InChI=1S/2C15H11N3O4S.2Na.Ni/c19-15-11-6-2-1-5-10(11)13(23(20,21)22)9-12(15)17-18-14-7-3-4-8-16-14;19-15-11-6-2-1-5-10(11)13(23-22-21-20)9-12(15)17-18-14-7-3-4-8-16-14;;;/h1-9,19H,(H,20,21,22);1-9,19-20H;;;/q;;2*+1;/p-2. The summed E-state index contributed by atoms with van der Waals surface area (Å²) < 4.78 is 38.8. The number of pyridine rings is 2. The molecule has 242 valence electrons. The number of hydrogen-bond acceptors (Lipinski definition) is 15. The third-order valence-electron chi connectivity index (χ3n) is 6.16. The summed E-state index contributed by atoms with van der Waals surface area (Å²) in [6, 6.07) is 26.0. The van der Waals surface area contributed by atoms with E-state index >= 15 is 0 Å². The number of benzene rings is 4. The van der Waals surface area contributed by atoms with Crippen LogP contribution in [-0.2, 0) is 36.0 Å². The second-order valence-corrected chi connectivity index (χ2v) is 11.1. The quantitative estimate of drug-likeness (QED) is 0.0554. The SMILES string of the molecule is O=S(=O)([O-])c1cc(N=Nc2ccccn2)c(O)c2ccccc12.[Na+].[Na+].[Ni].[O-]OOSc1cc(N=Nc2ccccn2)c(O)c2ccccc12. The van der Waals surface area contributed by atoms with E-state index in [2.05, 4.69) is 39.8 Å². The van der Waals surface area contributed by atoms with Gasteiger partial charge in [-0.3, -0.25) is 5.04 Å². The molecule has 0 atom stereocenters. The zero-order valence-corrected chi connectivity index (χ0v) is 32.2. The summed E-state index contributed by atoms with van der Waals surface area (Å²) in [5.41, 5.74) is 0.107. The minimum Gasteiger partial charge on any atom is -0.744 e. The van der Waals surface area contributed by atoms with Crippen molar-refractivity contribution in [3.63, 3.8) is 0 Å². The zero-order chi connectivity index (χ0) is 32.5. The maximum Gasteiger partial charge on any atom is 1.00 e. The Kier molecular flexibility index (Phi) is 17.4. The van der Waals surface area contributed by atoms with Gasteiger partial charge < -0.3 is 20.0 Å². The van der Waals surface area contributed by atoms with Crippen LogP contribution in [0.5, 0.6) is 11.5 Å². The van der Waals surface area contributed by atoms with E-state index in [4.69, 9.17) is 0 Å². The van der Waals surface area contributed by atoms with Crippen LogP contribution >= 0.6 is 12.0 Å². The van der Waals surface area contributed by atoms with Crippen LogP contribution in [0, 0.1) is 0 Å². The van der Waals surface area contributed by atoms with E-state index in [1.165, 1.54) is 18.3 Å². The number of hydrogen-bond donors (Lipinski definition) is 2. The molecule has 6 aromatic rings. The number of aromatic nitrogens is 2. The number of phenols is 2. The Morgan fingerprint density at radius 3 is 1.57 bits per heavy atom. The molecule has 2 N–H and O–H groups in total. The number of azo groups is 2. The Labute approximate surface area is 338 Å². The van der Waals surface area contributed by atoms with Crippen LogP contribution in [0.25, 0.3) is 21.5 Å². The molecule has 0 aliphatic heterocycles. The third kappa shape index (κ3) is 11.1. The van der Waals surface area contributed by atoms with Gasteiger partial charge >= 0.3 is 59.1 Å². The number of phenolic OH excluding ortho intramolecular Hbond substituents is 2. The van der Waals surface area contributed by atoms with E-state index in [-0.39, 0.29) is 115 Å². The van der Waals surface area contributed by atoms with Gasteiger partial charge in [0.2, 0.25) is 0 Å². The van der Waals surface area contributed by atoms with Crippen molar-refractivity contribution < 1.29 is 113 Å². The number of nitrogens with zero attached hydrogens (tertiary/aromatic N) is 6. The first-order valence-corrected chi connectivity index (χ1v) is 15.2. The van der Waals surface area contributed by atoms with Crippen molar-refractivity contribution in [1.82, 2.24) is 9.97 Å². The molecule has 0 aliphatic rings. The van der Waals surface area contributed by atoms with Crippen molar-refractivity contribution in [2.75, 3.05) is 0 Å². The Morgan fingerprint density at radius 1 is 0.653 bits per heavy atom. The summed E-state index contributed by atoms with van der Waals surface area (Å²) in [4.78, 5) is 8.06. The topological polar surface area (TPSA) is 214 Å². The smallest absolute Gasteiger partial charge is 0.744 e. The van der Waals surface area contributed by atoms with Gasteiger partial charge in [0.15, 0.2) is 23.1 Å². The van der Waals surface area contributed by atoms with Crippen LogP contribution < -0.4 is 64.4 Å². The molecule has 0 radical (unpaired) electrons. The molecule has 0 spiro atoms. The average molecular weight is 761 g/mol. The molecule has 0 unspecified atom stereocenters. The van der Waals surface area contributed by atoms with Crippen LogP contribution in [0.2, 0.25) is 0 Å². The summed E-state index contributed by atoms with van der Waals surface area (Å²) in [5.74, 6) is 0.417. The van der Waals surface area contributed by atoms with Gasteiger partial charge in [-0.1, -0.05) is 60.7 Å². The second kappa shape index (κ2) is 20.1. The van der Waals surface area contributed by atoms with Crippen LogP contribution in [0.15, 0.2) is 140 Å². The molecule has 6 rings (SSSR count). The van der Waals surface area contributed by atoms with Crippen LogP contribution in [0.4, 0.5) is 23.0 Å². The molecule has 14 nitrogen and oxygen atoms in total. The Balaban J connectivity index is 0.000000321. The number of fused-ring (bicyclic) bond motifs is 2. The van der Waals surface area contributed by atoms with E-state index in [1.807, 2.05) is 0 Å². The first-order valence-electron chi connectivity index (χ1n) is 13.0. The molecule has 2 heterocycles. The number of rotatable bonds is 8. The summed E-state index contributed by atoms with van der Waals surface area (Å²) in [6.07, 6.45) is 3.11. The maximum absolute atomic E-state index is 11.5. The van der Waals surface area contributed by atoms with Gasteiger partial charge in [0.05, 0.1) is 16.9 Å². The fourth-order valence-corrected chi connectivity index (χ4v) is 5.37. The number of aromatic hydroxyl groups is 2. The van der Waals surface area contributed by atoms with Crippen LogP contribution in [-0.4, -0.2) is 33.2 Å². The molecule has 0 saturated carbocycles. The van der Waals surface area contributed by atoms with Gasteiger partial charge in [-0.05, 0) is 36.4 Å². The molecule has 0 aliphatic carbocycles. The molecule has 0 bridgehead atoms. The van der Waals surface area contributed by atoms with Crippen molar-refractivity contribution in [3.05, 3.63) is 109 Å². The predicted octanol–water partition coefficient (Wildman–Crippen LogP) is 0.852. The summed E-state index contributed by atoms with van der Waals surface area (Å²) in [7, 11) is -4.73. The van der Waals surface area contributed by atoms with Gasteiger partial charge in [-0.15, -0.1) is 20.5 Å². The van der Waals surface area contributed by atoms with E-state index < -0.39 is 15.0 Å². The molecule has 4 aromatic carbocycles.